The number of halogens is 2. The van der Waals surface area contributed by atoms with Crippen LogP contribution in [0.5, 0.6) is 5.75 Å². The number of aromatic nitrogens is 2. The van der Waals surface area contributed by atoms with Gasteiger partial charge >= 0.3 is 0 Å². The molecule has 1 heterocycles. The summed E-state index contributed by atoms with van der Waals surface area (Å²) < 4.78 is 30.2. The molecule has 0 radical (unpaired) electrons. The van der Waals surface area contributed by atoms with Gasteiger partial charge in [0.05, 0.1) is 23.0 Å². The molecule has 0 saturated heterocycles. The van der Waals surface area contributed by atoms with Gasteiger partial charge in [0.15, 0.2) is 5.16 Å². The molecule has 0 aliphatic heterocycles. The lowest BCUT2D eigenvalue weighted by Gasteiger charge is -2.09. The molecule has 0 atom stereocenters. The van der Waals surface area contributed by atoms with Crippen molar-refractivity contribution < 1.29 is 13.5 Å². The number of hydrogen-bond donors (Lipinski definition) is 1. The SMILES string of the molecule is COc1cc(CSc2nc3ccccc3[nH]2)ccc1SC(F)F. The Bertz CT molecular complexity index is 775. The van der Waals surface area contributed by atoms with Crippen LogP contribution in [0.2, 0.25) is 0 Å². The summed E-state index contributed by atoms with van der Waals surface area (Å²) in [5.74, 6) is -1.31. The van der Waals surface area contributed by atoms with E-state index in [-0.39, 0.29) is 0 Å². The first kappa shape index (κ1) is 16.1. The van der Waals surface area contributed by atoms with Crippen LogP contribution >= 0.6 is 23.5 Å². The predicted molar refractivity (Wildman–Crippen MR) is 90.5 cm³/mol. The zero-order valence-electron chi connectivity index (χ0n) is 12.3. The third-order valence-electron chi connectivity index (χ3n) is 3.19. The fourth-order valence-electron chi connectivity index (χ4n) is 2.14. The van der Waals surface area contributed by atoms with Crippen LogP contribution in [0.25, 0.3) is 11.0 Å². The number of methoxy groups -OCH3 is 1. The normalized spacial score (nSPS) is 11.3. The van der Waals surface area contributed by atoms with Crippen molar-refractivity contribution in [2.24, 2.45) is 0 Å². The third-order valence-corrected chi connectivity index (χ3v) is 4.90. The van der Waals surface area contributed by atoms with E-state index in [0.717, 1.165) is 21.8 Å². The first-order chi connectivity index (χ1) is 11.2. The number of alkyl halides is 2. The lowest BCUT2D eigenvalue weighted by molar-refractivity contribution is 0.251. The van der Waals surface area contributed by atoms with Crippen LogP contribution in [0.3, 0.4) is 0 Å². The number of nitrogens with zero attached hydrogens (tertiary/aromatic N) is 1. The summed E-state index contributed by atoms with van der Waals surface area (Å²) in [6.07, 6.45) is 0. The Labute approximate surface area is 140 Å². The van der Waals surface area contributed by atoms with Gasteiger partial charge in [0.25, 0.3) is 5.76 Å². The minimum atomic E-state index is -2.46. The number of benzene rings is 2. The van der Waals surface area contributed by atoms with E-state index in [1.807, 2.05) is 30.3 Å². The van der Waals surface area contributed by atoms with Crippen molar-refractivity contribution in [2.45, 2.75) is 21.6 Å². The number of imidazole rings is 1. The van der Waals surface area contributed by atoms with E-state index in [2.05, 4.69) is 9.97 Å². The second-order valence-corrected chi connectivity index (χ2v) is 6.71. The summed E-state index contributed by atoms with van der Waals surface area (Å²) >= 11 is 2.05. The smallest absolute Gasteiger partial charge is 0.289 e. The summed E-state index contributed by atoms with van der Waals surface area (Å²) in [7, 11) is 1.49. The first-order valence-corrected chi connectivity index (χ1v) is 8.71. The maximum absolute atomic E-state index is 12.5. The van der Waals surface area contributed by atoms with Crippen molar-refractivity contribution in [3.63, 3.8) is 0 Å². The topological polar surface area (TPSA) is 37.9 Å². The third kappa shape index (κ3) is 3.97. The van der Waals surface area contributed by atoms with Crippen molar-refractivity contribution >= 4 is 34.6 Å². The number of hydrogen-bond acceptors (Lipinski definition) is 4. The van der Waals surface area contributed by atoms with Gasteiger partial charge in [0.2, 0.25) is 0 Å². The number of nitrogens with one attached hydrogen (secondary N) is 1. The van der Waals surface area contributed by atoms with Gasteiger partial charge in [0.1, 0.15) is 5.75 Å². The highest BCUT2D eigenvalue weighted by molar-refractivity contribution is 7.99. The highest BCUT2D eigenvalue weighted by Gasteiger charge is 2.12. The number of rotatable bonds is 6. The minimum absolute atomic E-state index is 0.444. The summed E-state index contributed by atoms with van der Waals surface area (Å²) in [6, 6.07) is 13.1. The Morgan fingerprint density at radius 2 is 2.04 bits per heavy atom. The van der Waals surface area contributed by atoms with Crippen molar-refractivity contribution in [3.05, 3.63) is 48.0 Å². The van der Waals surface area contributed by atoms with Crippen molar-refractivity contribution in [2.75, 3.05) is 7.11 Å². The Kier molecular flexibility index (Phi) is 5.07. The standard InChI is InChI=1S/C16H14F2N2OS2/c1-21-13-8-10(6-7-14(13)23-15(17)18)9-22-16-19-11-4-2-3-5-12(11)20-16/h2-8,15H,9H2,1H3,(H,19,20). The molecule has 1 aromatic heterocycles. The number of ether oxygens (including phenoxy) is 1. The number of aromatic amines is 1. The largest absolute Gasteiger partial charge is 0.496 e. The Morgan fingerprint density at radius 1 is 1.22 bits per heavy atom. The van der Waals surface area contributed by atoms with Gasteiger partial charge in [-0.1, -0.05) is 41.7 Å². The summed E-state index contributed by atoms with van der Waals surface area (Å²) in [6.45, 7) is 0. The second kappa shape index (κ2) is 7.23. The predicted octanol–water partition coefficient (Wildman–Crippen LogP) is 5.18. The average Bonchev–Trinajstić information content (AvgIpc) is 2.96. The summed E-state index contributed by atoms with van der Waals surface area (Å²) in [5.41, 5.74) is 2.92. The van der Waals surface area contributed by atoms with Gasteiger partial charge in [-0.05, 0) is 29.8 Å². The van der Waals surface area contributed by atoms with Gasteiger partial charge < -0.3 is 9.72 Å². The molecule has 0 fully saturated rings. The summed E-state index contributed by atoms with van der Waals surface area (Å²) in [4.78, 5) is 8.19. The van der Waals surface area contributed by atoms with Crippen LogP contribution < -0.4 is 4.74 Å². The molecule has 0 spiro atoms. The fraction of sp³-hybridized carbons (Fsp3) is 0.188. The lowest BCUT2D eigenvalue weighted by atomic mass is 10.2. The molecule has 1 N–H and O–H groups in total. The zero-order chi connectivity index (χ0) is 16.2. The highest BCUT2D eigenvalue weighted by Crippen LogP contribution is 2.35. The van der Waals surface area contributed by atoms with Crippen LogP contribution in [-0.4, -0.2) is 22.8 Å². The summed E-state index contributed by atoms with van der Waals surface area (Å²) in [5, 5.41) is 0.830. The van der Waals surface area contributed by atoms with Crippen molar-refractivity contribution in [1.82, 2.24) is 9.97 Å². The minimum Gasteiger partial charge on any atom is -0.496 e. The number of fused-ring (bicyclic) bond motifs is 1. The average molecular weight is 352 g/mol. The molecule has 0 bridgehead atoms. The fourth-order valence-corrected chi connectivity index (χ4v) is 3.57. The molecule has 7 heteroatoms. The van der Waals surface area contributed by atoms with E-state index in [9.17, 15) is 8.78 Å². The van der Waals surface area contributed by atoms with Crippen LogP contribution in [0.4, 0.5) is 8.78 Å². The molecular formula is C16H14F2N2OS2. The highest BCUT2D eigenvalue weighted by atomic mass is 32.2. The van der Waals surface area contributed by atoms with Gasteiger partial charge in [-0.25, -0.2) is 4.98 Å². The van der Waals surface area contributed by atoms with E-state index < -0.39 is 5.76 Å². The van der Waals surface area contributed by atoms with Gasteiger partial charge in [-0.2, -0.15) is 8.78 Å². The van der Waals surface area contributed by atoms with E-state index >= 15 is 0 Å². The molecule has 0 aliphatic rings. The Balaban J connectivity index is 1.72. The van der Waals surface area contributed by atoms with Crippen molar-refractivity contribution in [1.29, 1.82) is 0 Å². The molecule has 3 nitrogen and oxygen atoms in total. The number of para-hydroxylation sites is 2. The number of thioether (sulfide) groups is 2. The zero-order valence-corrected chi connectivity index (χ0v) is 13.9. The maximum Gasteiger partial charge on any atom is 0.289 e. The Hall–Kier alpha value is -1.73. The molecule has 3 rings (SSSR count). The van der Waals surface area contributed by atoms with Crippen LogP contribution in [0.15, 0.2) is 52.5 Å². The molecule has 0 saturated carbocycles. The quantitative estimate of drug-likeness (QED) is 0.621. The molecule has 120 valence electrons. The van der Waals surface area contributed by atoms with Crippen molar-refractivity contribution in [3.8, 4) is 5.75 Å². The molecule has 0 amide bonds. The maximum atomic E-state index is 12.5. The van der Waals surface area contributed by atoms with Gasteiger partial charge in [-0.15, -0.1) is 0 Å². The van der Waals surface area contributed by atoms with Crippen LogP contribution in [0.1, 0.15) is 5.56 Å². The molecule has 3 aromatic rings. The van der Waals surface area contributed by atoms with Crippen LogP contribution in [0, 0.1) is 0 Å². The van der Waals surface area contributed by atoms with E-state index in [4.69, 9.17) is 4.74 Å². The van der Waals surface area contributed by atoms with Crippen LogP contribution in [-0.2, 0) is 5.75 Å². The molecular weight excluding hydrogens is 338 g/mol. The van der Waals surface area contributed by atoms with E-state index in [1.165, 1.54) is 7.11 Å². The molecule has 2 aromatic carbocycles. The first-order valence-electron chi connectivity index (χ1n) is 6.85. The van der Waals surface area contributed by atoms with E-state index in [0.29, 0.717) is 28.2 Å². The lowest BCUT2D eigenvalue weighted by Crippen LogP contribution is -1.91. The van der Waals surface area contributed by atoms with Gasteiger partial charge in [-0.3, -0.25) is 0 Å². The van der Waals surface area contributed by atoms with Gasteiger partial charge in [0, 0.05) is 5.75 Å². The second-order valence-electron chi connectivity index (χ2n) is 4.71. The Morgan fingerprint density at radius 3 is 2.78 bits per heavy atom. The molecule has 0 aliphatic carbocycles. The monoisotopic (exact) mass is 352 g/mol. The molecule has 23 heavy (non-hydrogen) atoms. The molecule has 0 unspecified atom stereocenters. The number of H-pyrrole nitrogens is 1. The van der Waals surface area contributed by atoms with E-state index in [1.54, 1.807) is 23.9 Å².